The molecule has 1 fully saturated rings. The number of nitrogens with zero attached hydrogens (tertiary/aromatic N) is 2. The fourth-order valence-electron chi connectivity index (χ4n) is 3.79. The molecule has 1 aliphatic heterocycles. The van der Waals surface area contributed by atoms with Crippen LogP contribution in [0.25, 0.3) is 0 Å². The van der Waals surface area contributed by atoms with Crippen molar-refractivity contribution in [3.8, 4) is 0 Å². The van der Waals surface area contributed by atoms with E-state index >= 15 is 0 Å². The van der Waals surface area contributed by atoms with E-state index in [-0.39, 0.29) is 23.8 Å². The van der Waals surface area contributed by atoms with E-state index in [1.807, 2.05) is 13.8 Å². The molecule has 1 heterocycles. The third-order valence-corrected chi connectivity index (χ3v) is 5.79. The highest BCUT2D eigenvalue weighted by Gasteiger charge is 2.27. The van der Waals surface area contributed by atoms with Gasteiger partial charge in [-0.15, -0.1) is 0 Å². The van der Waals surface area contributed by atoms with Crippen LogP contribution in [0.1, 0.15) is 37.4 Å². The molecule has 0 atom stereocenters. The second-order valence-corrected chi connectivity index (χ2v) is 8.42. The minimum absolute atomic E-state index is 0.0573. The van der Waals surface area contributed by atoms with Crippen molar-refractivity contribution in [2.45, 2.75) is 32.4 Å². The molecule has 7 heteroatoms. The second kappa shape index (κ2) is 11.5. The predicted molar refractivity (Wildman–Crippen MR) is 124 cm³/mol. The molecular formula is C24H31F2N3OS. The molecular weight excluding hydrogens is 416 g/mol. The first-order valence-electron chi connectivity index (χ1n) is 10.8. The molecule has 0 amide bonds. The van der Waals surface area contributed by atoms with Crippen molar-refractivity contribution >= 4 is 17.3 Å². The van der Waals surface area contributed by atoms with Crippen LogP contribution in [0.5, 0.6) is 0 Å². The molecule has 1 N–H and O–H groups in total. The zero-order valence-electron chi connectivity index (χ0n) is 18.2. The minimum Gasteiger partial charge on any atom is -0.379 e. The largest absolute Gasteiger partial charge is 0.379 e. The first-order chi connectivity index (χ1) is 14.9. The molecule has 168 valence electrons. The van der Waals surface area contributed by atoms with Gasteiger partial charge < -0.3 is 15.0 Å². The maximum Gasteiger partial charge on any atom is 0.169 e. The monoisotopic (exact) mass is 447 g/mol. The van der Waals surface area contributed by atoms with Gasteiger partial charge in [0.1, 0.15) is 11.6 Å². The summed E-state index contributed by atoms with van der Waals surface area (Å²) >= 11 is 5.57. The zero-order valence-corrected chi connectivity index (χ0v) is 19.0. The highest BCUT2D eigenvalue weighted by molar-refractivity contribution is 7.80. The topological polar surface area (TPSA) is 27.7 Å². The Morgan fingerprint density at radius 2 is 1.45 bits per heavy atom. The van der Waals surface area contributed by atoms with Crippen molar-refractivity contribution < 1.29 is 13.5 Å². The van der Waals surface area contributed by atoms with E-state index in [4.69, 9.17) is 17.0 Å². The van der Waals surface area contributed by atoms with Gasteiger partial charge in [-0.2, -0.15) is 0 Å². The Bertz CT molecular complexity index is 776. The van der Waals surface area contributed by atoms with Gasteiger partial charge in [-0.25, -0.2) is 8.78 Å². The van der Waals surface area contributed by atoms with Crippen LogP contribution in [0, 0.1) is 11.6 Å². The second-order valence-electron chi connectivity index (χ2n) is 8.03. The van der Waals surface area contributed by atoms with E-state index in [0.717, 1.165) is 62.0 Å². The number of rotatable bonds is 8. The van der Waals surface area contributed by atoms with Crippen molar-refractivity contribution in [1.82, 2.24) is 15.1 Å². The van der Waals surface area contributed by atoms with Crippen LogP contribution in [-0.4, -0.2) is 60.3 Å². The van der Waals surface area contributed by atoms with Gasteiger partial charge in [0.05, 0.1) is 12.1 Å². The molecule has 3 rings (SSSR count). The molecule has 0 spiro atoms. The Balaban J connectivity index is 1.59. The molecule has 0 bridgehead atoms. The zero-order chi connectivity index (χ0) is 22.2. The summed E-state index contributed by atoms with van der Waals surface area (Å²) in [7, 11) is 0. The SMILES string of the molecule is CC(C)OCCCNC(=S)N1CCN(C(c2ccc(F)cc2)c2ccc(F)cc2)CC1. The van der Waals surface area contributed by atoms with Crippen molar-refractivity contribution in [2.75, 3.05) is 39.3 Å². The van der Waals surface area contributed by atoms with Crippen molar-refractivity contribution in [3.63, 3.8) is 0 Å². The third-order valence-electron chi connectivity index (χ3n) is 5.39. The molecule has 31 heavy (non-hydrogen) atoms. The fraction of sp³-hybridized carbons (Fsp3) is 0.458. The Morgan fingerprint density at radius 3 is 1.94 bits per heavy atom. The Labute approximate surface area is 189 Å². The molecule has 0 aliphatic carbocycles. The van der Waals surface area contributed by atoms with Crippen molar-refractivity contribution in [3.05, 3.63) is 71.3 Å². The van der Waals surface area contributed by atoms with Gasteiger partial charge >= 0.3 is 0 Å². The van der Waals surface area contributed by atoms with E-state index < -0.39 is 0 Å². The van der Waals surface area contributed by atoms with Crippen molar-refractivity contribution in [1.29, 1.82) is 0 Å². The van der Waals surface area contributed by atoms with Gasteiger partial charge in [0.2, 0.25) is 0 Å². The Hall–Kier alpha value is -2.09. The summed E-state index contributed by atoms with van der Waals surface area (Å²) in [6, 6.07) is 13.1. The maximum absolute atomic E-state index is 13.5. The standard InChI is InChI=1S/C24H31F2N3OS/c1-18(2)30-17-3-12-27-24(31)29-15-13-28(14-16-29)23(19-4-8-21(25)9-5-19)20-6-10-22(26)11-7-20/h4-11,18,23H,3,12-17H2,1-2H3,(H,27,31). The van der Waals surface area contributed by atoms with Crippen LogP contribution in [0.3, 0.4) is 0 Å². The van der Waals surface area contributed by atoms with Crippen LogP contribution < -0.4 is 5.32 Å². The number of hydrogen-bond acceptors (Lipinski definition) is 3. The summed E-state index contributed by atoms with van der Waals surface area (Å²) in [4.78, 5) is 4.53. The van der Waals surface area contributed by atoms with E-state index in [9.17, 15) is 8.78 Å². The van der Waals surface area contributed by atoms with E-state index in [2.05, 4.69) is 15.1 Å². The van der Waals surface area contributed by atoms with Gasteiger partial charge in [0.25, 0.3) is 0 Å². The summed E-state index contributed by atoms with van der Waals surface area (Å²) in [5.74, 6) is -0.525. The molecule has 2 aromatic carbocycles. The predicted octanol–water partition coefficient (Wildman–Crippen LogP) is 4.36. The molecule has 1 saturated heterocycles. The normalized spacial score (nSPS) is 15.0. The van der Waals surface area contributed by atoms with E-state index in [1.165, 1.54) is 24.3 Å². The Morgan fingerprint density at radius 1 is 0.935 bits per heavy atom. The number of nitrogens with one attached hydrogen (secondary N) is 1. The van der Waals surface area contributed by atoms with E-state index in [1.54, 1.807) is 24.3 Å². The molecule has 2 aromatic rings. The van der Waals surface area contributed by atoms with Crippen molar-refractivity contribution in [2.24, 2.45) is 0 Å². The summed E-state index contributed by atoms with van der Waals surface area (Å²) in [6.45, 7) is 8.78. The fourth-order valence-corrected chi connectivity index (χ4v) is 4.07. The molecule has 0 aromatic heterocycles. The van der Waals surface area contributed by atoms with Crippen LogP contribution in [-0.2, 0) is 4.74 Å². The lowest BCUT2D eigenvalue weighted by atomic mass is 9.96. The third kappa shape index (κ3) is 6.95. The maximum atomic E-state index is 13.5. The van der Waals surface area contributed by atoms with E-state index in [0.29, 0.717) is 0 Å². The molecule has 0 saturated carbocycles. The summed E-state index contributed by atoms with van der Waals surface area (Å²) in [5.41, 5.74) is 1.99. The summed E-state index contributed by atoms with van der Waals surface area (Å²) in [5, 5.41) is 4.09. The number of piperazine rings is 1. The number of benzene rings is 2. The van der Waals surface area contributed by atoms with Crippen LogP contribution in [0.2, 0.25) is 0 Å². The number of thiocarbonyl (C=S) groups is 1. The summed E-state index contributed by atoms with van der Waals surface area (Å²) in [6.07, 6.45) is 1.16. The highest BCUT2D eigenvalue weighted by atomic mass is 32.1. The number of ether oxygens (including phenoxy) is 1. The minimum atomic E-state index is -0.262. The van der Waals surface area contributed by atoms with Gasteiger partial charge in [-0.1, -0.05) is 24.3 Å². The molecule has 0 unspecified atom stereocenters. The molecule has 4 nitrogen and oxygen atoms in total. The lowest BCUT2D eigenvalue weighted by Crippen LogP contribution is -2.52. The van der Waals surface area contributed by atoms with Crippen LogP contribution in [0.15, 0.2) is 48.5 Å². The smallest absolute Gasteiger partial charge is 0.169 e. The first kappa shape index (κ1) is 23.6. The molecule has 1 aliphatic rings. The van der Waals surface area contributed by atoms with Gasteiger partial charge in [-0.3, -0.25) is 4.90 Å². The van der Waals surface area contributed by atoms with Crippen LogP contribution >= 0.6 is 12.2 Å². The highest BCUT2D eigenvalue weighted by Crippen LogP contribution is 2.30. The first-order valence-corrected chi connectivity index (χ1v) is 11.2. The quantitative estimate of drug-likeness (QED) is 0.480. The summed E-state index contributed by atoms with van der Waals surface area (Å²) < 4.78 is 32.5. The lowest BCUT2D eigenvalue weighted by Gasteiger charge is -2.40. The number of hydrogen-bond donors (Lipinski definition) is 1. The Kier molecular flexibility index (Phi) is 8.75. The lowest BCUT2D eigenvalue weighted by molar-refractivity contribution is 0.0775. The van der Waals surface area contributed by atoms with Crippen LogP contribution in [0.4, 0.5) is 8.78 Å². The molecule has 0 radical (unpaired) electrons. The van der Waals surface area contributed by atoms with Gasteiger partial charge in [0, 0.05) is 39.3 Å². The number of halogens is 2. The average molecular weight is 448 g/mol. The van der Waals surface area contributed by atoms with Gasteiger partial charge in [-0.05, 0) is 67.9 Å². The average Bonchev–Trinajstić information content (AvgIpc) is 2.76. The van der Waals surface area contributed by atoms with Gasteiger partial charge in [0.15, 0.2) is 5.11 Å².